The fourth-order valence-electron chi connectivity index (χ4n) is 4.43. The molecule has 0 spiro atoms. The first-order valence-corrected chi connectivity index (χ1v) is 10.2. The Hall–Kier alpha value is -2.16. The standard InChI is InChI=1S/C19H20ClN5O3/c20-11-7-12-18(23-16(11)10-8-21-25-5-2-1-3-13(10)25)24-19(22-12)28-15-9-27-14-4-6-26-17(14)15/h7-8,14-15,17H,1-6,9H2,(H,22,23,24). The second kappa shape index (κ2) is 6.43. The summed E-state index contributed by atoms with van der Waals surface area (Å²) in [5.41, 5.74) is 4.22. The molecule has 3 aliphatic rings. The average molecular weight is 402 g/mol. The van der Waals surface area contributed by atoms with E-state index in [4.69, 9.17) is 30.8 Å². The lowest BCUT2D eigenvalue weighted by Crippen LogP contribution is -2.32. The van der Waals surface area contributed by atoms with Crippen LogP contribution in [0, 0.1) is 0 Å². The number of pyridine rings is 1. The quantitative estimate of drug-likeness (QED) is 0.726. The minimum atomic E-state index is -0.161. The van der Waals surface area contributed by atoms with Gasteiger partial charge in [0, 0.05) is 24.4 Å². The smallest absolute Gasteiger partial charge is 0.296 e. The van der Waals surface area contributed by atoms with Gasteiger partial charge in [-0.15, -0.1) is 0 Å². The van der Waals surface area contributed by atoms with Crippen molar-refractivity contribution in [1.29, 1.82) is 0 Å². The molecule has 0 aliphatic carbocycles. The number of H-pyrrole nitrogens is 1. The molecule has 6 rings (SSSR count). The number of rotatable bonds is 3. The molecule has 6 heterocycles. The Bertz CT molecular complexity index is 1050. The van der Waals surface area contributed by atoms with Crippen LogP contribution in [-0.4, -0.2) is 56.3 Å². The molecule has 146 valence electrons. The Balaban J connectivity index is 1.33. The van der Waals surface area contributed by atoms with Gasteiger partial charge >= 0.3 is 0 Å². The lowest BCUT2D eigenvalue weighted by atomic mass is 10.0. The summed E-state index contributed by atoms with van der Waals surface area (Å²) in [7, 11) is 0. The minimum Gasteiger partial charge on any atom is -0.456 e. The summed E-state index contributed by atoms with van der Waals surface area (Å²) in [4.78, 5) is 12.4. The van der Waals surface area contributed by atoms with Crippen LogP contribution < -0.4 is 4.74 Å². The number of nitrogens with zero attached hydrogens (tertiary/aromatic N) is 4. The monoisotopic (exact) mass is 401 g/mol. The average Bonchev–Trinajstić information content (AvgIpc) is 3.45. The van der Waals surface area contributed by atoms with Crippen molar-refractivity contribution < 1.29 is 14.2 Å². The van der Waals surface area contributed by atoms with Crippen molar-refractivity contribution in [2.45, 2.75) is 50.5 Å². The van der Waals surface area contributed by atoms with Crippen LogP contribution >= 0.6 is 11.6 Å². The van der Waals surface area contributed by atoms with Gasteiger partial charge in [0.25, 0.3) is 6.01 Å². The van der Waals surface area contributed by atoms with Gasteiger partial charge in [0.1, 0.15) is 6.10 Å². The number of nitrogens with one attached hydrogen (secondary N) is 1. The van der Waals surface area contributed by atoms with E-state index in [9.17, 15) is 0 Å². The highest BCUT2D eigenvalue weighted by Gasteiger charge is 2.43. The Labute approximate surface area is 166 Å². The molecule has 2 saturated heterocycles. The van der Waals surface area contributed by atoms with Crippen molar-refractivity contribution in [3.8, 4) is 17.3 Å². The highest BCUT2D eigenvalue weighted by atomic mass is 35.5. The summed E-state index contributed by atoms with van der Waals surface area (Å²) in [6.07, 6.45) is 6.02. The summed E-state index contributed by atoms with van der Waals surface area (Å²) in [5.74, 6) is 0. The molecule has 0 bridgehead atoms. The molecule has 0 amide bonds. The van der Waals surface area contributed by atoms with Gasteiger partial charge in [0.05, 0.1) is 35.1 Å². The van der Waals surface area contributed by atoms with Gasteiger partial charge in [-0.25, -0.2) is 4.98 Å². The molecular formula is C19H20ClN5O3. The Morgan fingerprint density at radius 3 is 3.18 bits per heavy atom. The first kappa shape index (κ1) is 16.8. The van der Waals surface area contributed by atoms with E-state index >= 15 is 0 Å². The lowest BCUT2D eigenvalue weighted by molar-refractivity contribution is 0.0273. The molecule has 0 saturated carbocycles. The molecule has 3 unspecified atom stereocenters. The number of hydrogen-bond donors (Lipinski definition) is 1. The third-order valence-electron chi connectivity index (χ3n) is 5.83. The van der Waals surface area contributed by atoms with Crippen LogP contribution in [0.3, 0.4) is 0 Å². The van der Waals surface area contributed by atoms with Crippen molar-refractivity contribution in [3.05, 3.63) is 23.0 Å². The van der Waals surface area contributed by atoms with E-state index < -0.39 is 0 Å². The zero-order chi connectivity index (χ0) is 18.7. The summed E-state index contributed by atoms with van der Waals surface area (Å²) in [6.45, 7) is 2.17. The van der Waals surface area contributed by atoms with Crippen molar-refractivity contribution in [2.75, 3.05) is 13.2 Å². The first-order chi connectivity index (χ1) is 13.8. The van der Waals surface area contributed by atoms with Gasteiger partial charge in [-0.3, -0.25) is 4.68 Å². The molecule has 3 aromatic heterocycles. The molecule has 3 aliphatic heterocycles. The molecule has 28 heavy (non-hydrogen) atoms. The fraction of sp³-hybridized carbons (Fsp3) is 0.526. The predicted octanol–water partition coefficient (Wildman–Crippen LogP) is 2.75. The normalized spacial score (nSPS) is 26.5. The summed E-state index contributed by atoms with van der Waals surface area (Å²) < 4.78 is 19.5. The molecular weight excluding hydrogens is 382 g/mol. The maximum absolute atomic E-state index is 6.56. The predicted molar refractivity (Wildman–Crippen MR) is 102 cm³/mol. The first-order valence-electron chi connectivity index (χ1n) is 9.77. The highest BCUT2D eigenvalue weighted by Crippen LogP contribution is 2.34. The van der Waals surface area contributed by atoms with Crippen LogP contribution in [0.5, 0.6) is 6.01 Å². The van der Waals surface area contributed by atoms with Crippen LogP contribution in [-0.2, 0) is 22.4 Å². The molecule has 1 N–H and O–H groups in total. The van der Waals surface area contributed by atoms with Crippen molar-refractivity contribution in [2.24, 2.45) is 0 Å². The molecule has 8 nitrogen and oxygen atoms in total. The van der Waals surface area contributed by atoms with E-state index in [-0.39, 0.29) is 18.3 Å². The van der Waals surface area contributed by atoms with Crippen LogP contribution in [0.4, 0.5) is 0 Å². The van der Waals surface area contributed by atoms with E-state index in [2.05, 4.69) is 19.7 Å². The van der Waals surface area contributed by atoms with Gasteiger partial charge in [0.15, 0.2) is 11.8 Å². The second-order valence-corrected chi connectivity index (χ2v) is 7.98. The molecule has 3 atom stereocenters. The molecule has 2 fully saturated rings. The number of imidazole rings is 1. The van der Waals surface area contributed by atoms with Gasteiger partial charge < -0.3 is 19.2 Å². The SMILES string of the molecule is Clc1cc2[nH]c(OC3COC4CCOC43)nc2nc1-c1cnn2c1CCCC2. The number of ether oxygens (including phenoxy) is 3. The van der Waals surface area contributed by atoms with Gasteiger partial charge in [-0.1, -0.05) is 11.6 Å². The van der Waals surface area contributed by atoms with Crippen LogP contribution in [0.2, 0.25) is 5.02 Å². The molecule has 0 aromatic carbocycles. The van der Waals surface area contributed by atoms with E-state index in [0.717, 1.165) is 49.0 Å². The van der Waals surface area contributed by atoms with Crippen LogP contribution in [0.25, 0.3) is 22.4 Å². The topological polar surface area (TPSA) is 87.1 Å². The number of aryl methyl sites for hydroxylation is 1. The van der Waals surface area contributed by atoms with E-state index in [1.54, 1.807) is 0 Å². The molecule has 3 aromatic rings. The van der Waals surface area contributed by atoms with Crippen molar-refractivity contribution in [3.63, 3.8) is 0 Å². The third kappa shape index (κ3) is 2.62. The second-order valence-electron chi connectivity index (χ2n) is 7.57. The largest absolute Gasteiger partial charge is 0.456 e. The number of hydrogen-bond acceptors (Lipinski definition) is 6. The molecule has 9 heteroatoms. The van der Waals surface area contributed by atoms with Crippen LogP contribution in [0.15, 0.2) is 12.3 Å². The maximum atomic E-state index is 6.56. The van der Waals surface area contributed by atoms with E-state index in [1.807, 2.05) is 12.3 Å². The Morgan fingerprint density at radius 1 is 1.25 bits per heavy atom. The van der Waals surface area contributed by atoms with Crippen molar-refractivity contribution in [1.82, 2.24) is 24.7 Å². The van der Waals surface area contributed by atoms with Gasteiger partial charge in [-0.05, 0) is 31.7 Å². The van der Waals surface area contributed by atoms with E-state index in [1.165, 1.54) is 5.69 Å². The molecule has 0 radical (unpaired) electrons. The maximum Gasteiger partial charge on any atom is 0.296 e. The fourth-order valence-corrected chi connectivity index (χ4v) is 4.69. The minimum absolute atomic E-state index is 0.0285. The third-order valence-corrected chi connectivity index (χ3v) is 6.11. The summed E-state index contributed by atoms with van der Waals surface area (Å²) >= 11 is 6.56. The number of aromatic nitrogens is 5. The van der Waals surface area contributed by atoms with E-state index in [0.29, 0.717) is 29.9 Å². The number of aromatic amines is 1. The van der Waals surface area contributed by atoms with Crippen molar-refractivity contribution >= 4 is 22.8 Å². The van der Waals surface area contributed by atoms with Gasteiger partial charge in [-0.2, -0.15) is 10.1 Å². The van der Waals surface area contributed by atoms with Crippen LogP contribution in [0.1, 0.15) is 25.0 Å². The lowest BCUT2D eigenvalue weighted by Gasteiger charge is -2.15. The van der Waals surface area contributed by atoms with Gasteiger partial charge in [0.2, 0.25) is 0 Å². The number of halogens is 1. The Morgan fingerprint density at radius 2 is 2.21 bits per heavy atom. The highest BCUT2D eigenvalue weighted by molar-refractivity contribution is 6.33. The zero-order valence-electron chi connectivity index (χ0n) is 15.2. The summed E-state index contributed by atoms with van der Waals surface area (Å²) in [5, 5.41) is 5.07. The Kier molecular flexibility index (Phi) is 3.85. The zero-order valence-corrected chi connectivity index (χ0v) is 16.0. The summed E-state index contributed by atoms with van der Waals surface area (Å²) in [6, 6.07) is 2.27. The number of fused-ring (bicyclic) bond motifs is 3.